The summed E-state index contributed by atoms with van der Waals surface area (Å²) in [7, 11) is 0. The van der Waals surface area contributed by atoms with E-state index in [4.69, 9.17) is 15.2 Å². The van der Waals surface area contributed by atoms with E-state index in [1.54, 1.807) is 0 Å². The maximum atomic E-state index is 6.53. The third-order valence-electron chi connectivity index (χ3n) is 4.81. The molecule has 126 valence electrons. The molecule has 1 fully saturated rings. The van der Waals surface area contributed by atoms with Crippen molar-refractivity contribution in [3.05, 3.63) is 0 Å². The van der Waals surface area contributed by atoms with E-state index in [1.807, 2.05) is 13.8 Å². The molecule has 4 nitrogen and oxygen atoms in total. The maximum absolute atomic E-state index is 6.53. The van der Waals surface area contributed by atoms with E-state index < -0.39 is 0 Å². The van der Waals surface area contributed by atoms with E-state index in [1.165, 1.54) is 19.3 Å². The molecule has 2 atom stereocenters. The van der Waals surface area contributed by atoms with Crippen molar-refractivity contribution in [3.63, 3.8) is 0 Å². The van der Waals surface area contributed by atoms with Crippen LogP contribution < -0.4 is 5.73 Å². The van der Waals surface area contributed by atoms with Gasteiger partial charge in [-0.1, -0.05) is 20.3 Å². The number of ether oxygens (including phenoxy) is 2. The van der Waals surface area contributed by atoms with Crippen molar-refractivity contribution in [2.45, 2.75) is 53.0 Å². The highest BCUT2D eigenvalue weighted by Gasteiger charge is 2.36. The molecule has 0 aromatic carbocycles. The van der Waals surface area contributed by atoms with Crippen LogP contribution >= 0.6 is 0 Å². The normalized spacial score (nSPS) is 25.4. The SMILES string of the molecule is CCOCCN(CCOCC)CC1CCCC(C)(C)C1N. The average Bonchev–Trinajstić information content (AvgIpc) is 2.44. The maximum Gasteiger partial charge on any atom is 0.0593 e. The van der Waals surface area contributed by atoms with E-state index in [0.29, 0.717) is 12.0 Å². The molecule has 0 aliphatic heterocycles. The summed E-state index contributed by atoms with van der Waals surface area (Å²) in [6, 6.07) is 0.299. The molecular formula is C17H36N2O2. The summed E-state index contributed by atoms with van der Waals surface area (Å²) in [4.78, 5) is 2.47. The lowest BCUT2D eigenvalue weighted by Crippen LogP contribution is -2.50. The minimum absolute atomic E-state index is 0.272. The van der Waals surface area contributed by atoms with Crippen LogP contribution in [0.3, 0.4) is 0 Å². The van der Waals surface area contributed by atoms with Crippen LogP contribution in [0.1, 0.15) is 47.0 Å². The first-order chi connectivity index (χ1) is 10.0. The summed E-state index contributed by atoms with van der Waals surface area (Å²) < 4.78 is 11.0. The second-order valence-corrected chi connectivity index (χ2v) is 6.86. The first-order valence-corrected chi connectivity index (χ1v) is 8.64. The highest BCUT2D eigenvalue weighted by molar-refractivity contribution is 4.92. The fourth-order valence-electron chi connectivity index (χ4n) is 3.31. The second kappa shape index (κ2) is 9.78. The van der Waals surface area contributed by atoms with Gasteiger partial charge < -0.3 is 15.2 Å². The smallest absolute Gasteiger partial charge is 0.0593 e. The molecule has 4 heteroatoms. The van der Waals surface area contributed by atoms with E-state index in [0.717, 1.165) is 46.1 Å². The number of hydrogen-bond acceptors (Lipinski definition) is 4. The molecule has 0 radical (unpaired) electrons. The largest absolute Gasteiger partial charge is 0.380 e. The summed E-state index contributed by atoms with van der Waals surface area (Å²) in [6.07, 6.45) is 3.81. The van der Waals surface area contributed by atoms with Crippen LogP contribution in [0.25, 0.3) is 0 Å². The highest BCUT2D eigenvalue weighted by atomic mass is 16.5. The lowest BCUT2D eigenvalue weighted by atomic mass is 9.68. The Morgan fingerprint density at radius 3 is 2.19 bits per heavy atom. The molecule has 1 aliphatic carbocycles. The Morgan fingerprint density at radius 2 is 1.67 bits per heavy atom. The zero-order valence-corrected chi connectivity index (χ0v) is 14.6. The Balaban J connectivity index is 2.48. The lowest BCUT2D eigenvalue weighted by molar-refractivity contribution is 0.0546. The van der Waals surface area contributed by atoms with E-state index >= 15 is 0 Å². The van der Waals surface area contributed by atoms with Gasteiger partial charge in [-0.3, -0.25) is 4.90 Å². The molecule has 0 aromatic heterocycles. The summed E-state index contributed by atoms with van der Waals surface area (Å²) in [5, 5.41) is 0. The van der Waals surface area contributed by atoms with Gasteiger partial charge in [0.2, 0.25) is 0 Å². The van der Waals surface area contributed by atoms with Crippen molar-refractivity contribution in [2.75, 3.05) is 46.1 Å². The van der Waals surface area contributed by atoms with Gasteiger partial charge in [0.25, 0.3) is 0 Å². The van der Waals surface area contributed by atoms with Gasteiger partial charge in [0.1, 0.15) is 0 Å². The molecular weight excluding hydrogens is 264 g/mol. The van der Waals surface area contributed by atoms with Crippen molar-refractivity contribution in [2.24, 2.45) is 17.1 Å². The monoisotopic (exact) mass is 300 g/mol. The van der Waals surface area contributed by atoms with Crippen LogP contribution in [0.2, 0.25) is 0 Å². The van der Waals surface area contributed by atoms with Gasteiger partial charge in [0.15, 0.2) is 0 Å². The van der Waals surface area contributed by atoms with Crippen LogP contribution in [-0.2, 0) is 9.47 Å². The second-order valence-electron chi connectivity index (χ2n) is 6.86. The Kier molecular flexibility index (Phi) is 8.79. The number of nitrogens with two attached hydrogens (primary N) is 1. The molecule has 1 rings (SSSR count). The Hall–Kier alpha value is -0.160. The van der Waals surface area contributed by atoms with Crippen LogP contribution in [0.5, 0.6) is 0 Å². The van der Waals surface area contributed by atoms with Crippen molar-refractivity contribution in [1.82, 2.24) is 4.90 Å². The summed E-state index contributed by atoms with van der Waals surface area (Å²) in [5.41, 5.74) is 6.80. The molecule has 0 spiro atoms. The molecule has 21 heavy (non-hydrogen) atoms. The topological polar surface area (TPSA) is 47.7 Å². The predicted octanol–water partition coefficient (Wildman–Crippen LogP) is 2.51. The van der Waals surface area contributed by atoms with Gasteiger partial charge >= 0.3 is 0 Å². The highest BCUT2D eigenvalue weighted by Crippen LogP contribution is 2.37. The summed E-state index contributed by atoms with van der Waals surface area (Å²) in [6.45, 7) is 14.9. The van der Waals surface area contributed by atoms with Gasteiger partial charge in [-0.2, -0.15) is 0 Å². The Bertz CT molecular complexity index is 262. The fraction of sp³-hybridized carbons (Fsp3) is 1.00. The Labute approximate surface area is 131 Å². The van der Waals surface area contributed by atoms with Gasteiger partial charge in [-0.05, 0) is 38.0 Å². The zero-order valence-electron chi connectivity index (χ0n) is 14.6. The first-order valence-electron chi connectivity index (χ1n) is 8.64. The molecule has 1 saturated carbocycles. The minimum Gasteiger partial charge on any atom is -0.380 e. The zero-order chi connectivity index (χ0) is 15.7. The number of rotatable bonds is 10. The lowest BCUT2D eigenvalue weighted by Gasteiger charge is -2.43. The number of hydrogen-bond donors (Lipinski definition) is 1. The van der Waals surface area contributed by atoms with Crippen LogP contribution in [0, 0.1) is 11.3 Å². The van der Waals surface area contributed by atoms with Gasteiger partial charge in [-0.15, -0.1) is 0 Å². The van der Waals surface area contributed by atoms with Gasteiger partial charge in [0, 0.05) is 38.9 Å². The van der Waals surface area contributed by atoms with E-state index in [9.17, 15) is 0 Å². The molecule has 0 saturated heterocycles. The van der Waals surface area contributed by atoms with Crippen molar-refractivity contribution in [3.8, 4) is 0 Å². The third kappa shape index (κ3) is 6.64. The van der Waals surface area contributed by atoms with Crippen molar-refractivity contribution in [1.29, 1.82) is 0 Å². The third-order valence-corrected chi connectivity index (χ3v) is 4.81. The van der Waals surface area contributed by atoms with Crippen LogP contribution in [-0.4, -0.2) is 57.0 Å². The van der Waals surface area contributed by atoms with Crippen LogP contribution in [0.15, 0.2) is 0 Å². The predicted molar refractivity (Wildman–Crippen MR) is 88.5 cm³/mol. The molecule has 0 amide bonds. The summed E-state index contributed by atoms with van der Waals surface area (Å²) in [5.74, 6) is 0.594. The standard InChI is InChI=1S/C17H36N2O2/c1-5-20-12-10-19(11-13-21-6-2)14-15-8-7-9-17(3,4)16(15)18/h15-16H,5-14,18H2,1-4H3. The quantitative estimate of drug-likeness (QED) is 0.630. The molecule has 2 N–H and O–H groups in total. The van der Waals surface area contributed by atoms with E-state index in [2.05, 4.69) is 18.7 Å². The van der Waals surface area contributed by atoms with Gasteiger partial charge in [-0.25, -0.2) is 0 Å². The molecule has 1 aliphatic rings. The van der Waals surface area contributed by atoms with Crippen LogP contribution in [0.4, 0.5) is 0 Å². The van der Waals surface area contributed by atoms with E-state index in [-0.39, 0.29) is 5.41 Å². The fourth-order valence-corrected chi connectivity index (χ4v) is 3.31. The summed E-state index contributed by atoms with van der Waals surface area (Å²) >= 11 is 0. The average molecular weight is 300 g/mol. The minimum atomic E-state index is 0.272. The van der Waals surface area contributed by atoms with Crippen molar-refractivity contribution >= 4 is 0 Å². The molecule has 0 bridgehead atoms. The number of nitrogens with zero attached hydrogens (tertiary/aromatic N) is 1. The molecule has 0 heterocycles. The first kappa shape index (κ1) is 18.9. The molecule has 2 unspecified atom stereocenters. The van der Waals surface area contributed by atoms with Crippen molar-refractivity contribution < 1.29 is 9.47 Å². The Morgan fingerprint density at radius 1 is 1.10 bits per heavy atom. The van der Waals surface area contributed by atoms with Gasteiger partial charge in [0.05, 0.1) is 13.2 Å². The molecule has 0 aromatic rings.